The van der Waals surface area contributed by atoms with Crippen molar-refractivity contribution < 1.29 is 4.39 Å². The standard InChI is InChI=1S/C18H13FN2/c1-11-8-13(19)9-14-15(10-20-18(11)14)17-7-6-12-4-2-3-5-16(12)21-17/h2-10,20H,1H3. The van der Waals surface area contributed by atoms with Gasteiger partial charge in [0.2, 0.25) is 0 Å². The first-order valence-corrected chi connectivity index (χ1v) is 6.86. The Hall–Kier alpha value is -2.68. The lowest BCUT2D eigenvalue weighted by Crippen LogP contribution is -1.85. The highest BCUT2D eigenvalue weighted by molar-refractivity contribution is 5.97. The number of fused-ring (bicyclic) bond motifs is 2. The average Bonchev–Trinajstić information content (AvgIpc) is 2.91. The molecule has 0 aliphatic rings. The number of rotatable bonds is 1. The lowest BCUT2D eigenvalue weighted by atomic mass is 10.1. The van der Waals surface area contributed by atoms with Crippen molar-refractivity contribution in [2.24, 2.45) is 0 Å². The zero-order chi connectivity index (χ0) is 14.4. The SMILES string of the molecule is Cc1cc(F)cc2c(-c3ccc4ccccc4n3)c[nH]c12. The van der Waals surface area contributed by atoms with Crippen LogP contribution >= 0.6 is 0 Å². The molecule has 0 radical (unpaired) electrons. The van der Waals surface area contributed by atoms with E-state index in [1.807, 2.05) is 49.5 Å². The molecule has 0 aliphatic heterocycles. The second-order valence-corrected chi connectivity index (χ2v) is 5.24. The molecule has 2 heterocycles. The second-order valence-electron chi connectivity index (χ2n) is 5.24. The van der Waals surface area contributed by atoms with E-state index in [1.54, 1.807) is 6.07 Å². The summed E-state index contributed by atoms with van der Waals surface area (Å²) in [5, 5.41) is 1.97. The van der Waals surface area contributed by atoms with Gasteiger partial charge >= 0.3 is 0 Å². The number of nitrogens with one attached hydrogen (secondary N) is 1. The Morgan fingerprint density at radius 3 is 2.81 bits per heavy atom. The number of H-pyrrole nitrogens is 1. The molecule has 2 nitrogen and oxygen atoms in total. The van der Waals surface area contributed by atoms with E-state index in [2.05, 4.69) is 9.97 Å². The van der Waals surface area contributed by atoms with Crippen molar-refractivity contribution >= 4 is 21.8 Å². The Bertz CT molecular complexity index is 969. The van der Waals surface area contributed by atoms with E-state index >= 15 is 0 Å². The molecule has 2 aromatic heterocycles. The molecule has 21 heavy (non-hydrogen) atoms. The lowest BCUT2D eigenvalue weighted by Gasteiger charge is -2.03. The van der Waals surface area contributed by atoms with Crippen LogP contribution in [0, 0.1) is 12.7 Å². The summed E-state index contributed by atoms with van der Waals surface area (Å²) in [5.41, 5.74) is 4.58. The lowest BCUT2D eigenvalue weighted by molar-refractivity contribution is 0.628. The van der Waals surface area contributed by atoms with Crippen LogP contribution in [0.25, 0.3) is 33.1 Å². The van der Waals surface area contributed by atoms with Crippen molar-refractivity contribution in [2.75, 3.05) is 0 Å². The van der Waals surface area contributed by atoms with Gasteiger partial charge in [0.1, 0.15) is 5.82 Å². The molecule has 4 aromatic rings. The van der Waals surface area contributed by atoms with Crippen LogP contribution in [0.2, 0.25) is 0 Å². The zero-order valence-electron chi connectivity index (χ0n) is 11.5. The van der Waals surface area contributed by atoms with Crippen LogP contribution < -0.4 is 0 Å². The molecule has 4 rings (SSSR count). The van der Waals surface area contributed by atoms with Gasteiger partial charge in [-0.15, -0.1) is 0 Å². The fraction of sp³-hybridized carbons (Fsp3) is 0.0556. The maximum atomic E-state index is 13.7. The highest BCUT2D eigenvalue weighted by Crippen LogP contribution is 2.30. The molecule has 0 spiro atoms. The van der Waals surface area contributed by atoms with Crippen LogP contribution in [-0.2, 0) is 0 Å². The van der Waals surface area contributed by atoms with Gasteiger partial charge < -0.3 is 4.98 Å². The molecule has 0 saturated heterocycles. The highest BCUT2D eigenvalue weighted by Gasteiger charge is 2.11. The largest absolute Gasteiger partial charge is 0.360 e. The van der Waals surface area contributed by atoms with E-state index in [1.165, 1.54) is 6.07 Å². The normalized spacial score (nSPS) is 11.3. The first-order chi connectivity index (χ1) is 10.2. The monoisotopic (exact) mass is 276 g/mol. The number of nitrogens with zero attached hydrogens (tertiary/aromatic N) is 1. The van der Waals surface area contributed by atoms with Crippen LogP contribution in [0.15, 0.2) is 54.7 Å². The number of para-hydroxylation sites is 1. The van der Waals surface area contributed by atoms with E-state index < -0.39 is 0 Å². The second kappa shape index (κ2) is 4.42. The smallest absolute Gasteiger partial charge is 0.124 e. The number of hydrogen-bond donors (Lipinski definition) is 1. The number of aromatic nitrogens is 2. The maximum absolute atomic E-state index is 13.7. The summed E-state index contributed by atoms with van der Waals surface area (Å²) in [4.78, 5) is 7.91. The van der Waals surface area contributed by atoms with Crippen LogP contribution in [0.1, 0.15) is 5.56 Å². The van der Waals surface area contributed by atoms with Gasteiger partial charge in [-0.1, -0.05) is 24.3 Å². The number of aromatic amines is 1. The van der Waals surface area contributed by atoms with Gasteiger partial charge in [0.05, 0.1) is 11.2 Å². The molecule has 2 aromatic carbocycles. The Balaban J connectivity index is 2.00. The molecule has 0 atom stereocenters. The Kier molecular flexibility index (Phi) is 2.54. The number of benzene rings is 2. The third-order valence-electron chi connectivity index (χ3n) is 3.83. The predicted molar refractivity (Wildman–Crippen MR) is 83.7 cm³/mol. The fourth-order valence-corrected chi connectivity index (χ4v) is 2.80. The minimum absolute atomic E-state index is 0.221. The van der Waals surface area contributed by atoms with Crippen molar-refractivity contribution in [3.63, 3.8) is 0 Å². The van der Waals surface area contributed by atoms with Gasteiger partial charge in [-0.25, -0.2) is 9.37 Å². The molecule has 0 saturated carbocycles. The molecule has 0 aliphatic carbocycles. The average molecular weight is 276 g/mol. The first-order valence-electron chi connectivity index (χ1n) is 6.86. The Labute approximate surface area is 121 Å². The summed E-state index contributed by atoms with van der Waals surface area (Å²) in [7, 11) is 0. The quantitative estimate of drug-likeness (QED) is 0.530. The summed E-state index contributed by atoms with van der Waals surface area (Å²) in [6.07, 6.45) is 1.90. The summed E-state index contributed by atoms with van der Waals surface area (Å²) in [6, 6.07) is 15.1. The third-order valence-corrected chi connectivity index (χ3v) is 3.83. The molecular formula is C18H13FN2. The van der Waals surface area contributed by atoms with Crippen molar-refractivity contribution in [2.45, 2.75) is 6.92 Å². The van der Waals surface area contributed by atoms with Gasteiger partial charge in [-0.3, -0.25) is 0 Å². The fourth-order valence-electron chi connectivity index (χ4n) is 2.80. The van der Waals surface area contributed by atoms with Crippen molar-refractivity contribution in [1.82, 2.24) is 9.97 Å². The molecule has 1 N–H and O–H groups in total. The van der Waals surface area contributed by atoms with E-state index in [0.717, 1.165) is 38.6 Å². The van der Waals surface area contributed by atoms with Crippen LogP contribution in [0.5, 0.6) is 0 Å². The first kappa shape index (κ1) is 12.1. The molecule has 0 amide bonds. The van der Waals surface area contributed by atoms with E-state index in [4.69, 9.17) is 0 Å². The molecule has 3 heteroatoms. The van der Waals surface area contributed by atoms with E-state index in [0.29, 0.717) is 0 Å². The van der Waals surface area contributed by atoms with E-state index in [-0.39, 0.29) is 5.82 Å². The molecular weight excluding hydrogens is 263 g/mol. The van der Waals surface area contributed by atoms with Gasteiger partial charge in [0, 0.05) is 28.0 Å². The minimum atomic E-state index is -0.221. The number of hydrogen-bond acceptors (Lipinski definition) is 1. The third kappa shape index (κ3) is 1.89. The Morgan fingerprint density at radius 2 is 1.90 bits per heavy atom. The van der Waals surface area contributed by atoms with Crippen molar-refractivity contribution in [3.8, 4) is 11.3 Å². The summed E-state index contributed by atoms with van der Waals surface area (Å²) < 4.78 is 13.7. The topological polar surface area (TPSA) is 28.7 Å². The summed E-state index contributed by atoms with van der Waals surface area (Å²) >= 11 is 0. The molecule has 0 unspecified atom stereocenters. The predicted octanol–water partition coefficient (Wildman–Crippen LogP) is 4.83. The summed E-state index contributed by atoms with van der Waals surface area (Å²) in [6.45, 7) is 1.90. The van der Waals surface area contributed by atoms with Crippen molar-refractivity contribution in [1.29, 1.82) is 0 Å². The van der Waals surface area contributed by atoms with Crippen LogP contribution in [0.4, 0.5) is 4.39 Å². The zero-order valence-corrected chi connectivity index (χ0v) is 11.5. The maximum Gasteiger partial charge on any atom is 0.124 e. The molecule has 102 valence electrons. The highest BCUT2D eigenvalue weighted by atomic mass is 19.1. The number of aryl methyl sites for hydroxylation is 1. The van der Waals surface area contributed by atoms with Crippen LogP contribution in [0.3, 0.4) is 0 Å². The number of pyridine rings is 1. The number of halogens is 1. The van der Waals surface area contributed by atoms with Gasteiger partial charge in [-0.05, 0) is 36.8 Å². The van der Waals surface area contributed by atoms with Crippen LogP contribution in [-0.4, -0.2) is 9.97 Å². The molecule has 0 bridgehead atoms. The Morgan fingerprint density at radius 1 is 1.05 bits per heavy atom. The summed E-state index contributed by atoms with van der Waals surface area (Å²) in [5.74, 6) is -0.221. The van der Waals surface area contributed by atoms with Gasteiger partial charge in [0.15, 0.2) is 0 Å². The van der Waals surface area contributed by atoms with Crippen molar-refractivity contribution in [3.05, 3.63) is 66.1 Å². The molecule has 0 fully saturated rings. The van der Waals surface area contributed by atoms with Gasteiger partial charge in [-0.2, -0.15) is 0 Å². The van der Waals surface area contributed by atoms with Gasteiger partial charge in [0.25, 0.3) is 0 Å². The van der Waals surface area contributed by atoms with E-state index in [9.17, 15) is 4.39 Å². The minimum Gasteiger partial charge on any atom is -0.360 e.